The molecule has 0 aromatic rings. The molecular formula is C48H93NO5. The molecule has 0 rings (SSSR count). The Kier molecular flexibility index (Phi) is 41.6. The SMILES string of the molecule is CCCCCCCCC/C=C/CCCCCC(CC(=O)NC(CO)C(O)CCCCCCCCCCC)OC(=O)CCCCCCCCCCCCCC. The van der Waals surface area contributed by atoms with Gasteiger partial charge in [0, 0.05) is 6.42 Å². The molecule has 0 bridgehead atoms. The molecule has 3 atom stereocenters. The maximum Gasteiger partial charge on any atom is 0.306 e. The third-order valence-corrected chi connectivity index (χ3v) is 11.1. The third-order valence-electron chi connectivity index (χ3n) is 11.1. The Balaban J connectivity index is 4.59. The Morgan fingerprint density at radius 3 is 1.33 bits per heavy atom. The van der Waals surface area contributed by atoms with Gasteiger partial charge < -0.3 is 20.3 Å². The molecule has 0 fully saturated rings. The van der Waals surface area contributed by atoms with Gasteiger partial charge in [-0.05, 0) is 51.4 Å². The van der Waals surface area contributed by atoms with E-state index in [-0.39, 0.29) is 24.9 Å². The van der Waals surface area contributed by atoms with Crippen LogP contribution in [0.3, 0.4) is 0 Å². The minimum Gasteiger partial charge on any atom is -0.462 e. The molecule has 3 N–H and O–H groups in total. The predicted molar refractivity (Wildman–Crippen MR) is 232 cm³/mol. The van der Waals surface area contributed by atoms with Crippen molar-refractivity contribution in [2.24, 2.45) is 0 Å². The highest BCUT2D eigenvalue weighted by Crippen LogP contribution is 2.17. The summed E-state index contributed by atoms with van der Waals surface area (Å²) in [6.07, 6.45) is 45.6. The van der Waals surface area contributed by atoms with Gasteiger partial charge in [0.1, 0.15) is 6.10 Å². The van der Waals surface area contributed by atoms with Crippen molar-refractivity contribution in [3.05, 3.63) is 12.2 Å². The zero-order chi connectivity index (χ0) is 39.6. The molecule has 54 heavy (non-hydrogen) atoms. The number of hydrogen-bond donors (Lipinski definition) is 3. The second-order valence-corrected chi connectivity index (χ2v) is 16.5. The van der Waals surface area contributed by atoms with Crippen molar-refractivity contribution in [2.75, 3.05) is 6.61 Å². The lowest BCUT2D eigenvalue weighted by Crippen LogP contribution is -2.46. The predicted octanol–water partition coefficient (Wildman–Crippen LogP) is 13.8. The fourth-order valence-corrected chi connectivity index (χ4v) is 7.43. The van der Waals surface area contributed by atoms with Crippen LogP contribution >= 0.6 is 0 Å². The molecule has 1 amide bonds. The summed E-state index contributed by atoms with van der Waals surface area (Å²) in [5.74, 6) is -0.478. The van der Waals surface area contributed by atoms with Crippen LogP contribution in [0.15, 0.2) is 12.2 Å². The van der Waals surface area contributed by atoms with Crippen molar-refractivity contribution in [3.8, 4) is 0 Å². The van der Waals surface area contributed by atoms with Gasteiger partial charge in [-0.15, -0.1) is 0 Å². The number of nitrogens with one attached hydrogen (secondary N) is 1. The summed E-state index contributed by atoms with van der Waals surface area (Å²) in [5, 5.41) is 23.6. The van der Waals surface area contributed by atoms with E-state index in [2.05, 4.69) is 38.2 Å². The lowest BCUT2D eigenvalue weighted by molar-refractivity contribution is -0.151. The van der Waals surface area contributed by atoms with Crippen LogP contribution in [0.5, 0.6) is 0 Å². The molecule has 0 aromatic heterocycles. The van der Waals surface area contributed by atoms with Crippen molar-refractivity contribution in [2.45, 2.75) is 277 Å². The molecule has 320 valence electrons. The van der Waals surface area contributed by atoms with Crippen LogP contribution in [-0.2, 0) is 14.3 Å². The lowest BCUT2D eigenvalue weighted by atomic mass is 10.0. The first kappa shape index (κ1) is 52.6. The van der Waals surface area contributed by atoms with Gasteiger partial charge in [0.2, 0.25) is 5.91 Å². The Hall–Kier alpha value is -1.40. The van der Waals surface area contributed by atoms with Crippen molar-refractivity contribution in [1.82, 2.24) is 5.32 Å². The highest BCUT2D eigenvalue weighted by atomic mass is 16.5. The number of aliphatic hydroxyl groups is 2. The Morgan fingerprint density at radius 1 is 0.519 bits per heavy atom. The molecule has 0 saturated heterocycles. The molecule has 6 nitrogen and oxygen atoms in total. The average Bonchev–Trinajstić information content (AvgIpc) is 3.16. The van der Waals surface area contributed by atoms with Crippen LogP contribution < -0.4 is 5.32 Å². The van der Waals surface area contributed by atoms with Crippen LogP contribution in [-0.4, -0.2) is 46.9 Å². The van der Waals surface area contributed by atoms with Gasteiger partial charge in [-0.25, -0.2) is 0 Å². The molecule has 0 radical (unpaired) electrons. The van der Waals surface area contributed by atoms with Crippen molar-refractivity contribution in [1.29, 1.82) is 0 Å². The van der Waals surface area contributed by atoms with E-state index in [1.165, 1.54) is 148 Å². The number of ether oxygens (including phenoxy) is 1. The molecule has 6 heteroatoms. The van der Waals surface area contributed by atoms with Crippen LogP contribution in [0.25, 0.3) is 0 Å². The second-order valence-electron chi connectivity index (χ2n) is 16.5. The maximum atomic E-state index is 13.1. The number of esters is 1. The highest BCUT2D eigenvalue weighted by molar-refractivity contribution is 5.77. The molecule has 0 aliphatic heterocycles. The van der Waals surface area contributed by atoms with E-state index in [1.807, 2.05) is 0 Å². The lowest BCUT2D eigenvalue weighted by Gasteiger charge is -2.24. The number of aliphatic hydroxyl groups excluding tert-OH is 2. The molecule has 0 heterocycles. The normalized spacial score (nSPS) is 13.4. The van der Waals surface area contributed by atoms with Crippen molar-refractivity contribution < 1.29 is 24.5 Å². The quantitative estimate of drug-likeness (QED) is 0.0326. The number of hydrogen-bond acceptors (Lipinski definition) is 5. The van der Waals surface area contributed by atoms with Crippen molar-refractivity contribution >= 4 is 11.9 Å². The van der Waals surface area contributed by atoms with Crippen molar-refractivity contribution in [3.63, 3.8) is 0 Å². The average molecular weight is 764 g/mol. The summed E-state index contributed by atoms with van der Waals surface area (Å²) in [4.78, 5) is 26.0. The molecule has 3 unspecified atom stereocenters. The Bertz CT molecular complexity index is 817. The fourth-order valence-electron chi connectivity index (χ4n) is 7.43. The number of allylic oxidation sites excluding steroid dienone is 2. The van der Waals surface area contributed by atoms with E-state index in [0.717, 1.165) is 64.2 Å². The van der Waals surface area contributed by atoms with Gasteiger partial charge in [0.25, 0.3) is 0 Å². The summed E-state index contributed by atoms with van der Waals surface area (Å²) < 4.78 is 5.90. The zero-order valence-electron chi connectivity index (χ0n) is 36.4. The van der Waals surface area contributed by atoms with E-state index in [4.69, 9.17) is 4.74 Å². The number of unbranched alkanes of at least 4 members (excludes halogenated alkanes) is 29. The minimum atomic E-state index is -0.783. The monoisotopic (exact) mass is 764 g/mol. The van der Waals surface area contributed by atoms with Crippen LogP contribution in [0.1, 0.15) is 258 Å². The summed E-state index contributed by atoms with van der Waals surface area (Å²) >= 11 is 0. The minimum absolute atomic E-state index is 0.0732. The van der Waals surface area contributed by atoms with Gasteiger partial charge in [-0.3, -0.25) is 9.59 Å². The van der Waals surface area contributed by atoms with E-state index in [9.17, 15) is 19.8 Å². The van der Waals surface area contributed by atoms with Crippen LogP contribution in [0, 0.1) is 0 Å². The topological polar surface area (TPSA) is 95.9 Å². The summed E-state index contributed by atoms with van der Waals surface area (Å²) in [6.45, 7) is 6.46. The Labute approximate surface area is 336 Å². The highest BCUT2D eigenvalue weighted by Gasteiger charge is 2.24. The molecule has 0 spiro atoms. The van der Waals surface area contributed by atoms with Gasteiger partial charge in [-0.2, -0.15) is 0 Å². The van der Waals surface area contributed by atoms with E-state index >= 15 is 0 Å². The summed E-state index contributed by atoms with van der Waals surface area (Å²) in [5.41, 5.74) is 0. The third kappa shape index (κ3) is 37.5. The second kappa shape index (κ2) is 42.7. The van der Waals surface area contributed by atoms with E-state index in [0.29, 0.717) is 19.3 Å². The van der Waals surface area contributed by atoms with Gasteiger partial charge in [0.15, 0.2) is 0 Å². The zero-order valence-corrected chi connectivity index (χ0v) is 36.4. The Morgan fingerprint density at radius 2 is 0.889 bits per heavy atom. The standard InChI is InChI=1S/C48H93NO5/c1-4-7-10-13-16-19-21-23-24-25-28-30-33-36-39-44(54-48(53)41-38-35-32-29-26-22-20-17-14-11-8-5-2)42-47(52)49-45(43-50)46(51)40-37-34-31-27-18-15-12-9-6-3/h24-25,44-46,50-51H,4-23,26-43H2,1-3H3,(H,49,52)/b25-24+. The summed E-state index contributed by atoms with van der Waals surface area (Å²) in [6, 6.07) is -0.697. The van der Waals surface area contributed by atoms with Gasteiger partial charge >= 0.3 is 5.97 Å². The first-order valence-corrected chi connectivity index (χ1v) is 23.9. The number of carbonyl (C=O) groups is 2. The molecule has 0 aliphatic carbocycles. The molecular weight excluding hydrogens is 671 g/mol. The molecule has 0 saturated carbocycles. The van der Waals surface area contributed by atoms with E-state index in [1.54, 1.807) is 0 Å². The van der Waals surface area contributed by atoms with E-state index < -0.39 is 18.2 Å². The molecule has 0 aliphatic rings. The summed E-state index contributed by atoms with van der Waals surface area (Å²) in [7, 11) is 0. The largest absolute Gasteiger partial charge is 0.462 e. The fraction of sp³-hybridized carbons (Fsp3) is 0.917. The number of rotatable bonds is 43. The number of carbonyl (C=O) groups excluding carboxylic acids is 2. The van der Waals surface area contributed by atoms with Gasteiger partial charge in [-0.1, -0.05) is 206 Å². The molecule has 0 aromatic carbocycles. The van der Waals surface area contributed by atoms with Gasteiger partial charge in [0.05, 0.1) is 25.2 Å². The first-order valence-electron chi connectivity index (χ1n) is 23.9. The smallest absolute Gasteiger partial charge is 0.306 e. The maximum absolute atomic E-state index is 13.1. The van der Waals surface area contributed by atoms with Crippen LogP contribution in [0.2, 0.25) is 0 Å². The number of amides is 1. The first-order chi connectivity index (χ1) is 26.5. The van der Waals surface area contributed by atoms with Crippen LogP contribution in [0.4, 0.5) is 0 Å².